The number of alkyl halides is 1. The molecule has 4 aliphatic rings. The molecule has 0 radical (unpaired) electrons. The van der Waals surface area contributed by atoms with Gasteiger partial charge in [-0.05, 0) is 68.8 Å². The van der Waals surface area contributed by atoms with Gasteiger partial charge in [0.05, 0.1) is 0 Å². The average molecular weight is 405 g/mol. The summed E-state index contributed by atoms with van der Waals surface area (Å²) in [6.45, 7) is 7.34. The number of ether oxygens (including phenoxy) is 1. The highest BCUT2D eigenvalue weighted by Gasteiger charge is 2.70. The van der Waals surface area contributed by atoms with Crippen LogP contribution in [0.4, 0.5) is 4.39 Å². The Kier molecular flexibility index (Phi) is 4.83. The third-order valence-electron chi connectivity index (χ3n) is 9.12. The molecular weight excluding hydrogens is 371 g/mol. The topological polar surface area (TPSA) is 60.4 Å². The first-order chi connectivity index (χ1) is 13.6. The maximum absolute atomic E-state index is 16.0. The second kappa shape index (κ2) is 6.75. The van der Waals surface area contributed by atoms with Crippen molar-refractivity contribution < 1.29 is 23.5 Å². The molecule has 0 unspecified atom stereocenters. The monoisotopic (exact) mass is 404 g/mol. The molecule has 0 heterocycles. The Hall–Kier alpha value is -1.52. The van der Waals surface area contributed by atoms with Crippen LogP contribution in [0.25, 0.3) is 0 Å². The summed E-state index contributed by atoms with van der Waals surface area (Å²) in [7, 11) is 0. The minimum Gasteiger partial charge on any atom is -0.450 e. The first-order valence-corrected chi connectivity index (χ1v) is 11.2. The molecule has 4 nitrogen and oxygen atoms in total. The molecular formula is C24H33FO4. The van der Waals surface area contributed by atoms with Gasteiger partial charge in [0, 0.05) is 24.2 Å². The summed E-state index contributed by atoms with van der Waals surface area (Å²) < 4.78 is 21.8. The molecule has 3 saturated carbocycles. The zero-order valence-corrected chi connectivity index (χ0v) is 18.1. The Labute approximate surface area is 172 Å². The average Bonchev–Trinajstić information content (AvgIpc) is 2.94. The van der Waals surface area contributed by atoms with Gasteiger partial charge in [-0.1, -0.05) is 26.3 Å². The van der Waals surface area contributed by atoms with Crippen molar-refractivity contribution in [3.63, 3.8) is 0 Å². The predicted octanol–water partition coefficient (Wildman–Crippen LogP) is 4.75. The number of rotatable bonds is 3. The van der Waals surface area contributed by atoms with Gasteiger partial charge in [0.25, 0.3) is 0 Å². The van der Waals surface area contributed by atoms with E-state index in [1.54, 1.807) is 13.0 Å². The van der Waals surface area contributed by atoms with Crippen LogP contribution in [0.1, 0.15) is 79.1 Å². The molecule has 0 amide bonds. The summed E-state index contributed by atoms with van der Waals surface area (Å²) in [6.07, 6.45) is 5.30. The molecule has 0 aromatic carbocycles. The van der Waals surface area contributed by atoms with E-state index in [0.29, 0.717) is 19.3 Å². The highest BCUT2D eigenvalue weighted by Crippen LogP contribution is 2.68. The fourth-order valence-electron chi connectivity index (χ4n) is 7.69. The quantitative estimate of drug-likeness (QED) is 0.637. The molecule has 4 aliphatic carbocycles. The molecule has 5 heteroatoms. The lowest BCUT2D eigenvalue weighted by Gasteiger charge is -2.60. The van der Waals surface area contributed by atoms with Gasteiger partial charge < -0.3 is 4.74 Å². The SMILES string of the molecule is CCC(=O)O[C@]1(C(C)=O)CC[C@H]2[C@@H]3CCC4=CC(=O)CC[C@]4(C)[C@H]3[C@@H](F)C[C@@]21C. The minimum absolute atomic E-state index is 0.127. The molecule has 0 aromatic rings. The lowest BCUT2D eigenvalue weighted by molar-refractivity contribution is -0.194. The Morgan fingerprint density at radius 1 is 1.21 bits per heavy atom. The fraction of sp³-hybridized carbons (Fsp3) is 0.792. The van der Waals surface area contributed by atoms with E-state index in [1.807, 2.05) is 6.92 Å². The van der Waals surface area contributed by atoms with Crippen molar-refractivity contribution in [2.45, 2.75) is 90.8 Å². The number of esters is 1. The summed E-state index contributed by atoms with van der Waals surface area (Å²) >= 11 is 0. The van der Waals surface area contributed by atoms with Crippen LogP contribution >= 0.6 is 0 Å². The van der Waals surface area contributed by atoms with Crippen molar-refractivity contribution >= 4 is 17.5 Å². The number of fused-ring (bicyclic) bond motifs is 5. The van der Waals surface area contributed by atoms with Crippen molar-refractivity contribution in [1.82, 2.24) is 0 Å². The number of halogens is 1. The van der Waals surface area contributed by atoms with Crippen LogP contribution in [0.15, 0.2) is 11.6 Å². The van der Waals surface area contributed by atoms with Crippen LogP contribution in [0.3, 0.4) is 0 Å². The number of carbonyl (C=O) groups is 3. The Morgan fingerprint density at radius 2 is 1.93 bits per heavy atom. The first kappa shape index (κ1) is 20.7. The predicted molar refractivity (Wildman–Crippen MR) is 107 cm³/mol. The molecule has 0 aromatic heterocycles. The van der Waals surface area contributed by atoms with E-state index in [0.717, 1.165) is 24.8 Å². The molecule has 0 saturated heterocycles. The summed E-state index contributed by atoms with van der Waals surface area (Å²) in [5.74, 6) is -0.190. The van der Waals surface area contributed by atoms with Gasteiger partial charge in [-0.25, -0.2) is 4.39 Å². The van der Waals surface area contributed by atoms with Crippen LogP contribution in [0.2, 0.25) is 0 Å². The lowest BCUT2D eigenvalue weighted by atomic mass is 9.45. The van der Waals surface area contributed by atoms with E-state index in [2.05, 4.69) is 6.92 Å². The summed E-state index contributed by atoms with van der Waals surface area (Å²) in [5.41, 5.74) is -1.04. The third-order valence-corrected chi connectivity index (χ3v) is 9.12. The van der Waals surface area contributed by atoms with Crippen LogP contribution in [0, 0.1) is 28.6 Å². The van der Waals surface area contributed by atoms with Crippen molar-refractivity contribution in [3.05, 3.63) is 11.6 Å². The summed E-state index contributed by atoms with van der Waals surface area (Å²) in [5, 5.41) is 0. The highest BCUT2D eigenvalue weighted by molar-refractivity contribution is 5.92. The van der Waals surface area contributed by atoms with Gasteiger partial charge in [0.2, 0.25) is 0 Å². The molecule has 0 bridgehead atoms. The van der Waals surface area contributed by atoms with Crippen molar-refractivity contribution in [2.75, 3.05) is 0 Å². The van der Waals surface area contributed by atoms with Crippen molar-refractivity contribution in [2.24, 2.45) is 28.6 Å². The molecule has 0 aliphatic heterocycles. The first-order valence-electron chi connectivity index (χ1n) is 11.2. The molecule has 4 rings (SSSR count). The van der Waals surface area contributed by atoms with Gasteiger partial charge in [0.15, 0.2) is 17.2 Å². The second-order valence-corrected chi connectivity index (χ2v) is 10.3. The minimum atomic E-state index is -1.21. The van der Waals surface area contributed by atoms with E-state index >= 15 is 4.39 Å². The maximum Gasteiger partial charge on any atom is 0.306 e. The summed E-state index contributed by atoms with van der Waals surface area (Å²) in [6, 6.07) is 0. The van der Waals surface area contributed by atoms with Gasteiger partial charge >= 0.3 is 5.97 Å². The number of allylic oxidation sites excluding steroid dienone is 1. The zero-order chi connectivity index (χ0) is 21.2. The van der Waals surface area contributed by atoms with Gasteiger partial charge in [0.1, 0.15) is 6.17 Å². The van der Waals surface area contributed by atoms with Gasteiger partial charge in [-0.2, -0.15) is 0 Å². The van der Waals surface area contributed by atoms with E-state index in [4.69, 9.17) is 4.74 Å². The van der Waals surface area contributed by atoms with Crippen LogP contribution in [0.5, 0.6) is 0 Å². The highest BCUT2D eigenvalue weighted by atomic mass is 19.1. The maximum atomic E-state index is 16.0. The zero-order valence-electron chi connectivity index (χ0n) is 18.1. The normalized spacial score (nSPS) is 46.2. The Morgan fingerprint density at radius 3 is 2.59 bits per heavy atom. The number of Topliss-reactive ketones (excluding diaryl/α,β-unsaturated/α-hetero) is 1. The smallest absolute Gasteiger partial charge is 0.306 e. The molecule has 0 N–H and O–H groups in total. The van der Waals surface area contributed by atoms with E-state index < -0.39 is 17.2 Å². The van der Waals surface area contributed by atoms with E-state index in [1.165, 1.54) is 6.92 Å². The largest absolute Gasteiger partial charge is 0.450 e. The third kappa shape index (κ3) is 2.71. The Bertz CT molecular complexity index is 788. The molecule has 160 valence electrons. The van der Waals surface area contributed by atoms with Gasteiger partial charge in [-0.3, -0.25) is 14.4 Å². The van der Waals surface area contributed by atoms with E-state index in [9.17, 15) is 14.4 Å². The number of carbonyl (C=O) groups excluding carboxylic acids is 3. The second-order valence-electron chi connectivity index (χ2n) is 10.3. The molecule has 29 heavy (non-hydrogen) atoms. The molecule has 7 atom stereocenters. The number of ketones is 2. The lowest BCUT2D eigenvalue weighted by Crippen LogP contribution is -2.61. The van der Waals surface area contributed by atoms with Crippen LogP contribution in [-0.4, -0.2) is 29.3 Å². The fourth-order valence-corrected chi connectivity index (χ4v) is 7.69. The number of hydrogen-bond donors (Lipinski definition) is 0. The summed E-state index contributed by atoms with van der Waals surface area (Å²) in [4.78, 5) is 37.0. The van der Waals surface area contributed by atoms with Gasteiger partial charge in [-0.15, -0.1) is 0 Å². The molecule has 3 fully saturated rings. The Balaban J connectivity index is 1.74. The van der Waals surface area contributed by atoms with Crippen LogP contribution in [-0.2, 0) is 19.1 Å². The van der Waals surface area contributed by atoms with E-state index in [-0.39, 0.29) is 53.5 Å². The molecule has 0 spiro atoms. The standard InChI is InChI=1S/C24H33FO4/c1-5-20(28)29-24(14(2)26)11-9-18-17-7-6-15-12-16(27)8-10-22(15,3)21(17)19(25)13-23(18,24)4/h12,17-19,21H,5-11,13H2,1-4H3/t17-,18-,19-,21+,22-,23-,24-/m0/s1. The van der Waals surface area contributed by atoms with Crippen molar-refractivity contribution in [3.8, 4) is 0 Å². The van der Waals surface area contributed by atoms with Crippen LogP contribution < -0.4 is 0 Å². The number of hydrogen-bond acceptors (Lipinski definition) is 4. The van der Waals surface area contributed by atoms with Crippen molar-refractivity contribution in [1.29, 1.82) is 0 Å².